The quantitative estimate of drug-likeness (QED) is 0.776. The molecule has 2 aromatic heterocycles. The molecule has 0 amide bonds. The molecule has 0 saturated carbocycles. The number of nitrogens with zero attached hydrogens (tertiary/aromatic N) is 4. The first-order chi connectivity index (χ1) is 9.47. The second-order valence-corrected chi connectivity index (χ2v) is 5.32. The summed E-state index contributed by atoms with van der Waals surface area (Å²) in [6.45, 7) is 6.87. The first-order valence-electron chi connectivity index (χ1n) is 6.69. The van der Waals surface area contributed by atoms with Crippen LogP contribution in [0.4, 0.5) is 5.95 Å². The molecule has 104 valence electrons. The molecule has 2 N–H and O–H groups in total. The highest BCUT2D eigenvalue weighted by Gasteiger charge is 2.14. The molecule has 1 aromatic carbocycles. The standard InChI is InChI=1S/C15H19N5/c1-9-5-6-14-13(7-9)17-15(16)20(14)8-12-10(2)18-19(4)11(12)3/h5-7H,8H2,1-4H3,(H2,16,17). The number of anilines is 1. The van der Waals surface area contributed by atoms with Gasteiger partial charge in [0.25, 0.3) is 0 Å². The monoisotopic (exact) mass is 269 g/mol. The molecule has 5 heteroatoms. The van der Waals surface area contributed by atoms with E-state index in [9.17, 15) is 0 Å². The van der Waals surface area contributed by atoms with Crippen molar-refractivity contribution in [2.24, 2.45) is 7.05 Å². The van der Waals surface area contributed by atoms with E-state index in [1.807, 2.05) is 23.2 Å². The van der Waals surface area contributed by atoms with E-state index >= 15 is 0 Å². The molecule has 0 aliphatic heterocycles. The van der Waals surface area contributed by atoms with Crippen molar-refractivity contribution in [1.82, 2.24) is 19.3 Å². The fourth-order valence-electron chi connectivity index (χ4n) is 2.63. The molecule has 0 unspecified atom stereocenters. The Balaban J connectivity index is 2.13. The summed E-state index contributed by atoms with van der Waals surface area (Å²) in [6, 6.07) is 6.23. The van der Waals surface area contributed by atoms with E-state index in [-0.39, 0.29) is 0 Å². The first-order valence-corrected chi connectivity index (χ1v) is 6.69. The topological polar surface area (TPSA) is 61.7 Å². The molecular weight excluding hydrogens is 250 g/mol. The molecule has 0 fully saturated rings. The summed E-state index contributed by atoms with van der Waals surface area (Å²) >= 11 is 0. The first kappa shape index (κ1) is 12.7. The summed E-state index contributed by atoms with van der Waals surface area (Å²) in [5, 5.41) is 4.46. The lowest BCUT2D eigenvalue weighted by molar-refractivity contribution is 0.728. The van der Waals surface area contributed by atoms with Crippen molar-refractivity contribution >= 4 is 17.0 Å². The number of nitrogens with two attached hydrogens (primary N) is 1. The lowest BCUT2D eigenvalue weighted by atomic mass is 10.2. The molecule has 0 bridgehead atoms. The van der Waals surface area contributed by atoms with Crippen LogP contribution in [0.5, 0.6) is 0 Å². The van der Waals surface area contributed by atoms with Gasteiger partial charge in [-0.2, -0.15) is 5.10 Å². The summed E-state index contributed by atoms with van der Waals surface area (Å²) in [5.41, 5.74) is 12.7. The molecule has 20 heavy (non-hydrogen) atoms. The maximum atomic E-state index is 6.08. The lowest BCUT2D eigenvalue weighted by Gasteiger charge is -2.07. The molecule has 2 heterocycles. The number of imidazole rings is 1. The largest absolute Gasteiger partial charge is 0.369 e. The number of fused-ring (bicyclic) bond motifs is 1. The molecule has 0 aliphatic rings. The van der Waals surface area contributed by atoms with Crippen LogP contribution in [0.25, 0.3) is 11.0 Å². The highest BCUT2D eigenvalue weighted by atomic mass is 15.3. The third-order valence-electron chi connectivity index (χ3n) is 3.91. The Labute approximate surface area is 118 Å². The molecule has 0 spiro atoms. The minimum absolute atomic E-state index is 0.549. The molecule has 3 rings (SSSR count). The summed E-state index contributed by atoms with van der Waals surface area (Å²) in [5.74, 6) is 0.549. The van der Waals surface area contributed by atoms with Crippen LogP contribution in [0.15, 0.2) is 18.2 Å². The van der Waals surface area contributed by atoms with Crippen LogP contribution in [0.2, 0.25) is 0 Å². The highest BCUT2D eigenvalue weighted by molar-refractivity contribution is 5.79. The highest BCUT2D eigenvalue weighted by Crippen LogP contribution is 2.22. The van der Waals surface area contributed by atoms with Crippen molar-refractivity contribution < 1.29 is 0 Å². The zero-order chi connectivity index (χ0) is 14.4. The van der Waals surface area contributed by atoms with E-state index in [1.54, 1.807) is 0 Å². The van der Waals surface area contributed by atoms with Gasteiger partial charge in [-0.05, 0) is 38.5 Å². The summed E-state index contributed by atoms with van der Waals surface area (Å²) in [6.07, 6.45) is 0. The minimum Gasteiger partial charge on any atom is -0.369 e. The van der Waals surface area contributed by atoms with Crippen molar-refractivity contribution in [2.75, 3.05) is 5.73 Å². The van der Waals surface area contributed by atoms with Crippen LogP contribution in [0, 0.1) is 20.8 Å². The third kappa shape index (κ3) is 1.86. The van der Waals surface area contributed by atoms with E-state index in [4.69, 9.17) is 5.73 Å². The van der Waals surface area contributed by atoms with Crippen LogP contribution >= 0.6 is 0 Å². The molecule has 0 aliphatic carbocycles. The van der Waals surface area contributed by atoms with Gasteiger partial charge in [-0.15, -0.1) is 0 Å². The van der Waals surface area contributed by atoms with Gasteiger partial charge in [-0.3, -0.25) is 4.68 Å². The normalized spacial score (nSPS) is 11.4. The molecule has 3 aromatic rings. The lowest BCUT2D eigenvalue weighted by Crippen LogP contribution is -2.06. The van der Waals surface area contributed by atoms with Gasteiger partial charge in [0.05, 0.1) is 23.3 Å². The summed E-state index contributed by atoms with van der Waals surface area (Å²) in [4.78, 5) is 4.45. The van der Waals surface area contributed by atoms with Gasteiger partial charge < -0.3 is 10.3 Å². The van der Waals surface area contributed by atoms with Crippen LogP contribution < -0.4 is 5.73 Å². The van der Waals surface area contributed by atoms with Crippen molar-refractivity contribution in [2.45, 2.75) is 27.3 Å². The Bertz CT molecular complexity index is 794. The van der Waals surface area contributed by atoms with Gasteiger partial charge >= 0.3 is 0 Å². The Hall–Kier alpha value is -2.30. The number of benzene rings is 1. The van der Waals surface area contributed by atoms with Crippen molar-refractivity contribution in [1.29, 1.82) is 0 Å². The fraction of sp³-hybridized carbons (Fsp3) is 0.333. The van der Waals surface area contributed by atoms with Crippen LogP contribution in [-0.4, -0.2) is 19.3 Å². The predicted octanol–water partition coefficient (Wildman–Crippen LogP) is 2.33. The second kappa shape index (κ2) is 4.37. The minimum atomic E-state index is 0.549. The number of hydrogen-bond acceptors (Lipinski definition) is 3. The van der Waals surface area contributed by atoms with Gasteiger partial charge in [-0.25, -0.2) is 4.98 Å². The molecule has 0 atom stereocenters. The van der Waals surface area contributed by atoms with E-state index in [2.05, 4.69) is 42.1 Å². The van der Waals surface area contributed by atoms with Crippen molar-refractivity contribution in [3.05, 3.63) is 40.7 Å². The molecular formula is C15H19N5. The van der Waals surface area contributed by atoms with Gasteiger partial charge in [-0.1, -0.05) is 6.07 Å². The summed E-state index contributed by atoms with van der Waals surface area (Å²) in [7, 11) is 1.96. The number of nitrogen functional groups attached to an aromatic ring is 1. The Morgan fingerprint density at radius 2 is 1.95 bits per heavy atom. The SMILES string of the molecule is Cc1ccc2c(c1)nc(N)n2Cc1c(C)nn(C)c1C. The van der Waals surface area contributed by atoms with Gasteiger partial charge in [0.2, 0.25) is 5.95 Å². The van der Waals surface area contributed by atoms with E-state index in [1.165, 1.54) is 11.1 Å². The maximum absolute atomic E-state index is 6.08. The van der Waals surface area contributed by atoms with Crippen LogP contribution in [-0.2, 0) is 13.6 Å². The van der Waals surface area contributed by atoms with Gasteiger partial charge in [0.1, 0.15) is 0 Å². The average molecular weight is 269 g/mol. The zero-order valence-electron chi connectivity index (χ0n) is 12.3. The van der Waals surface area contributed by atoms with E-state index in [0.717, 1.165) is 22.4 Å². The van der Waals surface area contributed by atoms with Crippen LogP contribution in [0.1, 0.15) is 22.5 Å². The van der Waals surface area contributed by atoms with Crippen molar-refractivity contribution in [3.63, 3.8) is 0 Å². The van der Waals surface area contributed by atoms with E-state index in [0.29, 0.717) is 12.5 Å². The maximum Gasteiger partial charge on any atom is 0.201 e. The van der Waals surface area contributed by atoms with Gasteiger partial charge in [0, 0.05) is 18.3 Å². The molecule has 5 nitrogen and oxygen atoms in total. The zero-order valence-corrected chi connectivity index (χ0v) is 12.3. The molecule has 0 radical (unpaired) electrons. The number of aromatic nitrogens is 4. The second-order valence-electron chi connectivity index (χ2n) is 5.32. The summed E-state index contributed by atoms with van der Waals surface area (Å²) < 4.78 is 3.95. The van der Waals surface area contributed by atoms with Gasteiger partial charge in [0.15, 0.2) is 0 Å². The number of rotatable bonds is 2. The smallest absolute Gasteiger partial charge is 0.201 e. The molecule has 0 saturated heterocycles. The predicted molar refractivity (Wildman–Crippen MR) is 80.7 cm³/mol. The Morgan fingerprint density at radius 3 is 2.60 bits per heavy atom. The van der Waals surface area contributed by atoms with E-state index < -0.39 is 0 Å². The Morgan fingerprint density at radius 1 is 1.20 bits per heavy atom. The van der Waals surface area contributed by atoms with Crippen molar-refractivity contribution in [3.8, 4) is 0 Å². The number of hydrogen-bond donors (Lipinski definition) is 1. The Kier molecular flexibility index (Phi) is 2.78. The third-order valence-corrected chi connectivity index (χ3v) is 3.91. The fourth-order valence-corrected chi connectivity index (χ4v) is 2.63. The number of aryl methyl sites for hydroxylation is 3. The average Bonchev–Trinajstić information content (AvgIpc) is 2.81. The van der Waals surface area contributed by atoms with Crippen LogP contribution in [0.3, 0.4) is 0 Å².